The van der Waals surface area contributed by atoms with Gasteiger partial charge in [0, 0.05) is 6.54 Å². The summed E-state index contributed by atoms with van der Waals surface area (Å²) in [6.45, 7) is 4.79. The molecule has 1 aliphatic rings. The molecule has 0 radical (unpaired) electrons. The second-order valence-electron chi connectivity index (χ2n) is 4.84. The van der Waals surface area contributed by atoms with Gasteiger partial charge in [-0.2, -0.15) is 0 Å². The number of carbonyl (C=O) groups is 1. The van der Waals surface area contributed by atoms with E-state index in [-0.39, 0.29) is 12.1 Å². The molecule has 1 amide bonds. The lowest BCUT2D eigenvalue weighted by atomic mass is 10.1. The Morgan fingerprint density at radius 3 is 3.00 bits per heavy atom. The SMILES string of the molecule is CCCNC(CN1CCOC1=O)c1cccc(OC)c1. The Bertz CT molecular complexity index is 450. The van der Waals surface area contributed by atoms with Crippen molar-refractivity contribution in [1.29, 1.82) is 0 Å². The maximum absolute atomic E-state index is 11.6. The van der Waals surface area contributed by atoms with Crippen LogP contribution < -0.4 is 10.1 Å². The minimum Gasteiger partial charge on any atom is -0.497 e. The lowest BCUT2D eigenvalue weighted by molar-refractivity contribution is 0.155. The third kappa shape index (κ3) is 3.63. The second kappa shape index (κ2) is 7.14. The van der Waals surface area contributed by atoms with Gasteiger partial charge in [0.05, 0.1) is 19.7 Å². The number of hydrogen-bond donors (Lipinski definition) is 1. The van der Waals surface area contributed by atoms with Gasteiger partial charge in [-0.25, -0.2) is 4.79 Å². The first kappa shape index (κ1) is 14.7. The van der Waals surface area contributed by atoms with E-state index >= 15 is 0 Å². The van der Waals surface area contributed by atoms with Crippen LogP contribution in [-0.2, 0) is 4.74 Å². The second-order valence-corrected chi connectivity index (χ2v) is 4.84. The maximum atomic E-state index is 11.6. The van der Waals surface area contributed by atoms with Crippen LogP contribution in [0.4, 0.5) is 4.79 Å². The molecule has 20 heavy (non-hydrogen) atoms. The third-order valence-electron chi connectivity index (χ3n) is 3.38. The van der Waals surface area contributed by atoms with Crippen molar-refractivity contribution in [2.24, 2.45) is 0 Å². The minimum absolute atomic E-state index is 0.0932. The molecule has 1 atom stereocenters. The topological polar surface area (TPSA) is 50.8 Å². The molecular formula is C15H22N2O3. The van der Waals surface area contributed by atoms with Crippen molar-refractivity contribution in [3.05, 3.63) is 29.8 Å². The molecule has 0 saturated carbocycles. The summed E-state index contributed by atoms with van der Waals surface area (Å²) in [6, 6.07) is 8.05. The Morgan fingerprint density at radius 2 is 2.35 bits per heavy atom. The van der Waals surface area contributed by atoms with Crippen molar-refractivity contribution >= 4 is 6.09 Å². The lowest BCUT2D eigenvalue weighted by Gasteiger charge is -2.24. The maximum Gasteiger partial charge on any atom is 0.410 e. The van der Waals surface area contributed by atoms with Crippen LogP contribution in [0.5, 0.6) is 5.75 Å². The van der Waals surface area contributed by atoms with E-state index in [4.69, 9.17) is 9.47 Å². The summed E-state index contributed by atoms with van der Waals surface area (Å²) >= 11 is 0. The molecule has 1 heterocycles. The Hall–Kier alpha value is -1.75. The summed E-state index contributed by atoms with van der Waals surface area (Å²) in [5.41, 5.74) is 1.12. The van der Waals surface area contributed by atoms with E-state index in [1.165, 1.54) is 0 Å². The van der Waals surface area contributed by atoms with Crippen LogP contribution in [0.1, 0.15) is 24.9 Å². The number of cyclic esters (lactones) is 1. The molecule has 1 saturated heterocycles. The molecule has 1 fully saturated rings. The number of carbonyl (C=O) groups excluding carboxylic acids is 1. The number of amides is 1. The van der Waals surface area contributed by atoms with E-state index in [1.807, 2.05) is 18.2 Å². The number of hydrogen-bond acceptors (Lipinski definition) is 4. The zero-order valence-electron chi connectivity index (χ0n) is 12.1. The Morgan fingerprint density at radius 1 is 1.50 bits per heavy atom. The number of benzene rings is 1. The van der Waals surface area contributed by atoms with Crippen LogP contribution in [0.2, 0.25) is 0 Å². The number of methoxy groups -OCH3 is 1. The summed E-state index contributed by atoms with van der Waals surface area (Å²) < 4.78 is 10.3. The van der Waals surface area contributed by atoms with Crippen LogP contribution >= 0.6 is 0 Å². The summed E-state index contributed by atoms with van der Waals surface area (Å²) in [5, 5.41) is 3.48. The van der Waals surface area contributed by atoms with Crippen molar-refractivity contribution in [2.75, 3.05) is 33.4 Å². The number of rotatable bonds is 7. The van der Waals surface area contributed by atoms with E-state index in [2.05, 4.69) is 18.3 Å². The van der Waals surface area contributed by atoms with Crippen molar-refractivity contribution in [3.8, 4) is 5.75 Å². The summed E-state index contributed by atoms with van der Waals surface area (Å²) in [7, 11) is 1.66. The molecule has 1 aromatic carbocycles. The van der Waals surface area contributed by atoms with Crippen molar-refractivity contribution in [2.45, 2.75) is 19.4 Å². The molecule has 1 aromatic rings. The average molecular weight is 278 g/mol. The summed E-state index contributed by atoms with van der Waals surface area (Å²) in [4.78, 5) is 13.3. The van der Waals surface area contributed by atoms with Crippen LogP contribution in [0.25, 0.3) is 0 Å². The molecule has 1 N–H and O–H groups in total. The molecule has 1 unspecified atom stereocenters. The third-order valence-corrected chi connectivity index (χ3v) is 3.38. The van der Waals surface area contributed by atoms with Crippen molar-refractivity contribution in [1.82, 2.24) is 10.2 Å². The Labute approximate surface area is 119 Å². The molecule has 0 aliphatic carbocycles. The standard InChI is InChI=1S/C15H22N2O3/c1-3-7-16-14(11-17-8-9-20-15(17)18)12-5-4-6-13(10-12)19-2/h4-6,10,14,16H,3,7-9,11H2,1-2H3. The van der Waals surface area contributed by atoms with Crippen LogP contribution in [0.15, 0.2) is 24.3 Å². The van der Waals surface area contributed by atoms with Crippen LogP contribution in [0.3, 0.4) is 0 Å². The van der Waals surface area contributed by atoms with E-state index in [9.17, 15) is 4.79 Å². The zero-order valence-corrected chi connectivity index (χ0v) is 12.1. The van der Waals surface area contributed by atoms with Gasteiger partial charge in [0.25, 0.3) is 0 Å². The van der Waals surface area contributed by atoms with Crippen molar-refractivity contribution < 1.29 is 14.3 Å². The fourth-order valence-corrected chi connectivity index (χ4v) is 2.28. The van der Waals surface area contributed by atoms with Gasteiger partial charge in [-0.3, -0.25) is 0 Å². The summed E-state index contributed by atoms with van der Waals surface area (Å²) in [5.74, 6) is 0.829. The van der Waals surface area contributed by atoms with Gasteiger partial charge < -0.3 is 19.7 Å². The fourth-order valence-electron chi connectivity index (χ4n) is 2.28. The van der Waals surface area contributed by atoms with Gasteiger partial charge in [0.2, 0.25) is 0 Å². The monoisotopic (exact) mass is 278 g/mol. The quantitative estimate of drug-likeness (QED) is 0.830. The number of nitrogens with one attached hydrogen (secondary N) is 1. The molecule has 0 aromatic heterocycles. The Balaban J connectivity index is 2.10. The zero-order chi connectivity index (χ0) is 14.4. The first-order valence-corrected chi connectivity index (χ1v) is 7.03. The highest BCUT2D eigenvalue weighted by Crippen LogP contribution is 2.21. The van der Waals surface area contributed by atoms with E-state index < -0.39 is 0 Å². The van der Waals surface area contributed by atoms with Crippen LogP contribution in [0, 0.1) is 0 Å². The number of ether oxygens (including phenoxy) is 2. The molecular weight excluding hydrogens is 256 g/mol. The smallest absolute Gasteiger partial charge is 0.410 e. The normalized spacial score (nSPS) is 16.1. The lowest BCUT2D eigenvalue weighted by Crippen LogP contribution is -2.36. The first-order chi connectivity index (χ1) is 9.74. The molecule has 5 heteroatoms. The van der Waals surface area contributed by atoms with Gasteiger partial charge in [-0.15, -0.1) is 0 Å². The highest BCUT2D eigenvalue weighted by atomic mass is 16.6. The molecule has 5 nitrogen and oxygen atoms in total. The highest BCUT2D eigenvalue weighted by Gasteiger charge is 2.25. The first-order valence-electron chi connectivity index (χ1n) is 7.03. The molecule has 110 valence electrons. The highest BCUT2D eigenvalue weighted by molar-refractivity contribution is 5.69. The van der Waals surface area contributed by atoms with Gasteiger partial charge >= 0.3 is 6.09 Å². The van der Waals surface area contributed by atoms with E-state index in [0.717, 1.165) is 24.3 Å². The predicted molar refractivity (Wildman–Crippen MR) is 76.9 cm³/mol. The largest absolute Gasteiger partial charge is 0.497 e. The molecule has 2 rings (SSSR count). The van der Waals surface area contributed by atoms with Gasteiger partial charge in [0.1, 0.15) is 12.4 Å². The van der Waals surface area contributed by atoms with Gasteiger partial charge in [0.15, 0.2) is 0 Å². The fraction of sp³-hybridized carbons (Fsp3) is 0.533. The Kier molecular flexibility index (Phi) is 5.24. The van der Waals surface area contributed by atoms with Crippen LogP contribution in [-0.4, -0.2) is 44.3 Å². The van der Waals surface area contributed by atoms with E-state index in [1.54, 1.807) is 12.0 Å². The van der Waals surface area contributed by atoms with E-state index in [0.29, 0.717) is 19.7 Å². The van der Waals surface area contributed by atoms with Crippen molar-refractivity contribution in [3.63, 3.8) is 0 Å². The van der Waals surface area contributed by atoms with Gasteiger partial charge in [-0.1, -0.05) is 19.1 Å². The number of nitrogens with zero attached hydrogens (tertiary/aromatic N) is 1. The minimum atomic E-state index is -0.226. The summed E-state index contributed by atoms with van der Waals surface area (Å²) in [6.07, 6.45) is 0.821. The average Bonchev–Trinajstić information content (AvgIpc) is 2.88. The predicted octanol–water partition coefficient (Wildman–Crippen LogP) is 2.19. The molecule has 0 spiro atoms. The molecule has 1 aliphatic heterocycles. The molecule has 0 bridgehead atoms. The van der Waals surface area contributed by atoms with Gasteiger partial charge in [-0.05, 0) is 30.7 Å².